The summed E-state index contributed by atoms with van der Waals surface area (Å²) >= 11 is 0. The number of hydrogen-bond acceptors (Lipinski definition) is 4. The van der Waals surface area contributed by atoms with E-state index in [9.17, 15) is 0 Å². The molecule has 3 rings (SSSR count). The van der Waals surface area contributed by atoms with Crippen LogP contribution in [-0.4, -0.2) is 19.5 Å². The van der Waals surface area contributed by atoms with E-state index in [2.05, 4.69) is 0 Å². The van der Waals surface area contributed by atoms with Gasteiger partial charge < -0.3 is 17.4 Å². The van der Waals surface area contributed by atoms with Crippen LogP contribution in [-0.2, 0) is 4.12 Å². The van der Waals surface area contributed by atoms with Crippen molar-refractivity contribution in [1.82, 2.24) is 0 Å². The Morgan fingerprint density at radius 3 is 1.04 bits per heavy atom. The fraction of sp³-hybridized carbons (Fsp3) is 0. The molecule has 24 heavy (non-hydrogen) atoms. The molecule has 0 aromatic heterocycles. The largest absolute Gasteiger partial charge is 0.881 e. The van der Waals surface area contributed by atoms with Crippen LogP contribution in [0.2, 0.25) is 0 Å². The van der Waals surface area contributed by atoms with Crippen LogP contribution in [0.4, 0.5) is 0 Å². The summed E-state index contributed by atoms with van der Waals surface area (Å²) in [6.07, 6.45) is 0. The van der Waals surface area contributed by atoms with Crippen LogP contribution in [0.25, 0.3) is 0 Å². The normalized spacial score (nSPS) is 10.9. The highest BCUT2D eigenvalue weighted by Gasteiger charge is 2.53. The molecule has 0 heterocycles. The summed E-state index contributed by atoms with van der Waals surface area (Å²) in [5.41, 5.74) is 0. The lowest BCUT2D eigenvalue weighted by Crippen LogP contribution is -2.57. The lowest BCUT2D eigenvalue weighted by atomic mass is 10.3. The molecule has 0 amide bonds. The SMILES string of the molecule is [SiH2]O[Si](Oc1ccccc1)(Oc1ccccc1)Oc1ccccc1. The van der Waals surface area contributed by atoms with E-state index in [4.69, 9.17) is 17.4 Å². The van der Waals surface area contributed by atoms with Gasteiger partial charge in [-0.05, 0) is 36.4 Å². The molecule has 0 aliphatic carbocycles. The zero-order valence-corrected chi connectivity index (χ0v) is 15.4. The van der Waals surface area contributed by atoms with E-state index in [1.165, 1.54) is 10.5 Å². The number of hydrogen-bond donors (Lipinski definition) is 0. The third-order valence-corrected chi connectivity index (χ3v) is 6.01. The first-order valence-corrected chi connectivity index (χ1v) is 9.66. The molecule has 3 aromatic carbocycles. The van der Waals surface area contributed by atoms with E-state index < -0.39 is 9.05 Å². The van der Waals surface area contributed by atoms with E-state index in [1.54, 1.807) is 0 Å². The van der Waals surface area contributed by atoms with Crippen molar-refractivity contribution in [2.45, 2.75) is 0 Å². The number of para-hydroxylation sites is 3. The van der Waals surface area contributed by atoms with Gasteiger partial charge in [-0.3, -0.25) is 0 Å². The first-order chi connectivity index (χ1) is 11.8. The van der Waals surface area contributed by atoms with E-state index in [0.29, 0.717) is 17.2 Å². The molecule has 4 nitrogen and oxygen atoms in total. The van der Waals surface area contributed by atoms with Crippen molar-refractivity contribution >= 4 is 19.5 Å². The summed E-state index contributed by atoms with van der Waals surface area (Å²) in [5, 5.41) is 0. The van der Waals surface area contributed by atoms with Gasteiger partial charge in [0.15, 0.2) is 10.5 Å². The second kappa shape index (κ2) is 7.82. The van der Waals surface area contributed by atoms with Crippen LogP contribution in [0.5, 0.6) is 17.2 Å². The molecule has 0 saturated carbocycles. The van der Waals surface area contributed by atoms with Gasteiger partial charge in [-0.15, -0.1) is 0 Å². The number of benzene rings is 3. The molecule has 0 aliphatic heterocycles. The molecule has 121 valence electrons. The standard InChI is InChI=1S/C18H17O4Si2/c23-22-24(19-16-10-4-1-5-11-16,20-17-12-6-2-7-13-17)21-18-14-8-3-9-15-18/h1-15H,23H2. The fourth-order valence-corrected chi connectivity index (χ4v) is 4.16. The lowest BCUT2D eigenvalue weighted by molar-refractivity contribution is 0.167. The smallest absolute Gasteiger partial charge is 0.462 e. The van der Waals surface area contributed by atoms with Gasteiger partial charge in [0.05, 0.1) is 0 Å². The Balaban J connectivity index is 1.91. The minimum absolute atomic E-state index is 0.627. The van der Waals surface area contributed by atoms with Crippen LogP contribution in [0.3, 0.4) is 0 Å². The minimum Gasteiger partial charge on any atom is -0.462 e. The minimum atomic E-state index is -3.48. The maximum Gasteiger partial charge on any atom is 0.881 e. The van der Waals surface area contributed by atoms with Gasteiger partial charge in [-0.2, -0.15) is 0 Å². The summed E-state index contributed by atoms with van der Waals surface area (Å²) < 4.78 is 23.8. The highest BCUT2D eigenvalue weighted by Crippen LogP contribution is 2.24. The second-order valence-corrected chi connectivity index (χ2v) is 7.66. The van der Waals surface area contributed by atoms with Gasteiger partial charge >= 0.3 is 9.05 Å². The van der Waals surface area contributed by atoms with Crippen molar-refractivity contribution in [3.63, 3.8) is 0 Å². The topological polar surface area (TPSA) is 36.9 Å². The van der Waals surface area contributed by atoms with Gasteiger partial charge in [0.1, 0.15) is 17.2 Å². The van der Waals surface area contributed by atoms with Crippen molar-refractivity contribution in [2.75, 3.05) is 0 Å². The summed E-state index contributed by atoms with van der Waals surface area (Å²) in [6, 6.07) is 28.1. The van der Waals surface area contributed by atoms with Crippen LogP contribution < -0.4 is 13.3 Å². The van der Waals surface area contributed by atoms with Crippen LogP contribution in [0, 0.1) is 0 Å². The average Bonchev–Trinajstić information content (AvgIpc) is 2.64. The Hall–Kier alpha value is -2.55. The van der Waals surface area contributed by atoms with Crippen LogP contribution in [0.1, 0.15) is 0 Å². The van der Waals surface area contributed by atoms with E-state index in [1.807, 2.05) is 91.0 Å². The molecular formula is C18H17O4Si2. The van der Waals surface area contributed by atoms with E-state index >= 15 is 0 Å². The third-order valence-electron chi connectivity index (χ3n) is 3.13. The first kappa shape index (κ1) is 16.3. The predicted molar refractivity (Wildman–Crippen MR) is 96.6 cm³/mol. The predicted octanol–water partition coefficient (Wildman–Crippen LogP) is 3.22. The zero-order valence-electron chi connectivity index (χ0n) is 13.0. The summed E-state index contributed by atoms with van der Waals surface area (Å²) in [7, 11) is -2.17. The highest BCUT2D eigenvalue weighted by molar-refractivity contribution is 6.59. The van der Waals surface area contributed by atoms with E-state index in [-0.39, 0.29) is 0 Å². The average molecular weight is 354 g/mol. The Labute approximate surface area is 145 Å². The van der Waals surface area contributed by atoms with Crippen molar-refractivity contribution in [3.8, 4) is 17.2 Å². The fourth-order valence-electron chi connectivity index (χ4n) is 2.05. The van der Waals surface area contributed by atoms with Gasteiger partial charge in [0.2, 0.25) is 0 Å². The molecule has 0 fully saturated rings. The molecule has 0 saturated heterocycles. The Morgan fingerprint density at radius 2 is 0.792 bits per heavy atom. The molecule has 0 spiro atoms. The maximum absolute atomic E-state index is 6.04. The van der Waals surface area contributed by atoms with Gasteiger partial charge in [-0.25, -0.2) is 0 Å². The lowest BCUT2D eigenvalue weighted by Gasteiger charge is -2.27. The Kier molecular flexibility index (Phi) is 5.32. The van der Waals surface area contributed by atoms with Crippen LogP contribution in [0.15, 0.2) is 91.0 Å². The first-order valence-electron chi connectivity index (χ1n) is 7.45. The summed E-state index contributed by atoms with van der Waals surface area (Å²) in [5.74, 6) is 1.88. The molecule has 6 heteroatoms. The molecule has 0 aliphatic rings. The summed E-state index contributed by atoms with van der Waals surface area (Å²) in [6.45, 7) is 0. The van der Waals surface area contributed by atoms with E-state index in [0.717, 1.165) is 0 Å². The van der Waals surface area contributed by atoms with Crippen molar-refractivity contribution in [2.24, 2.45) is 0 Å². The number of rotatable bonds is 7. The quantitative estimate of drug-likeness (QED) is 0.611. The van der Waals surface area contributed by atoms with Gasteiger partial charge in [0, 0.05) is 0 Å². The zero-order chi connectivity index (χ0) is 16.7. The molecular weight excluding hydrogens is 336 g/mol. The summed E-state index contributed by atoms with van der Waals surface area (Å²) in [4.78, 5) is 0. The van der Waals surface area contributed by atoms with Crippen LogP contribution >= 0.6 is 0 Å². The van der Waals surface area contributed by atoms with Crippen molar-refractivity contribution in [3.05, 3.63) is 91.0 Å². The maximum atomic E-state index is 6.04. The molecule has 0 N–H and O–H groups in total. The monoisotopic (exact) mass is 353 g/mol. The van der Waals surface area contributed by atoms with Crippen molar-refractivity contribution in [1.29, 1.82) is 0 Å². The molecule has 0 atom stereocenters. The second-order valence-electron chi connectivity index (χ2n) is 4.89. The molecule has 0 bridgehead atoms. The molecule has 0 unspecified atom stereocenters. The molecule has 3 aromatic rings. The Bertz CT molecular complexity index is 637. The highest BCUT2D eigenvalue weighted by atomic mass is 28.4. The molecule has 1 radical (unpaired) electrons. The third kappa shape index (κ3) is 4.26. The Morgan fingerprint density at radius 1 is 0.500 bits per heavy atom. The van der Waals surface area contributed by atoms with Gasteiger partial charge in [-0.1, -0.05) is 54.6 Å². The van der Waals surface area contributed by atoms with Gasteiger partial charge in [0.25, 0.3) is 0 Å². The van der Waals surface area contributed by atoms with Crippen molar-refractivity contribution < 1.29 is 17.4 Å².